The fourth-order valence-electron chi connectivity index (χ4n) is 2.06. The fraction of sp³-hybridized carbons (Fsp3) is 0.583. The zero-order valence-corrected chi connectivity index (χ0v) is 11.1. The van der Waals surface area contributed by atoms with Gasteiger partial charge >= 0.3 is 5.97 Å². The molecule has 0 saturated heterocycles. The molecule has 1 fully saturated rings. The molecule has 98 valence electrons. The lowest BCUT2D eigenvalue weighted by atomic mass is 9.96. The van der Waals surface area contributed by atoms with Gasteiger partial charge in [0.15, 0.2) is 5.16 Å². The van der Waals surface area contributed by atoms with Crippen LogP contribution in [0.1, 0.15) is 19.8 Å². The van der Waals surface area contributed by atoms with E-state index < -0.39 is 11.5 Å². The van der Waals surface area contributed by atoms with Crippen molar-refractivity contribution in [3.63, 3.8) is 0 Å². The van der Waals surface area contributed by atoms with Gasteiger partial charge in [0.05, 0.1) is 0 Å². The Bertz CT molecular complexity index is 411. The lowest BCUT2D eigenvalue weighted by molar-refractivity contribution is -0.144. The summed E-state index contributed by atoms with van der Waals surface area (Å²) >= 11 is 1.40. The van der Waals surface area contributed by atoms with Gasteiger partial charge in [0.1, 0.15) is 5.54 Å². The van der Waals surface area contributed by atoms with Crippen LogP contribution in [-0.2, 0) is 4.79 Å². The second kappa shape index (κ2) is 5.67. The fourth-order valence-corrected chi connectivity index (χ4v) is 3.14. The number of carboxylic acids is 1. The van der Waals surface area contributed by atoms with Crippen molar-refractivity contribution < 1.29 is 9.90 Å². The predicted molar refractivity (Wildman–Crippen MR) is 69.5 cm³/mol. The van der Waals surface area contributed by atoms with Crippen LogP contribution in [-0.4, -0.2) is 38.9 Å². The molecular formula is C12H17N3O2S. The molecule has 1 atom stereocenters. The van der Waals surface area contributed by atoms with Crippen LogP contribution in [0.4, 0.5) is 0 Å². The van der Waals surface area contributed by atoms with E-state index in [4.69, 9.17) is 0 Å². The van der Waals surface area contributed by atoms with E-state index in [1.165, 1.54) is 11.8 Å². The maximum Gasteiger partial charge on any atom is 0.325 e. The number of hydrogen-bond donors (Lipinski definition) is 2. The summed E-state index contributed by atoms with van der Waals surface area (Å²) in [6.45, 7) is 2.59. The van der Waals surface area contributed by atoms with Crippen molar-refractivity contribution in [2.24, 2.45) is 5.92 Å². The van der Waals surface area contributed by atoms with Crippen LogP contribution in [0.2, 0.25) is 0 Å². The molecule has 1 saturated carbocycles. The van der Waals surface area contributed by atoms with E-state index in [1.54, 1.807) is 18.5 Å². The second-order valence-electron chi connectivity index (χ2n) is 4.40. The number of nitrogens with zero attached hydrogens (tertiary/aromatic N) is 2. The molecule has 0 bridgehead atoms. The molecule has 18 heavy (non-hydrogen) atoms. The number of aliphatic carboxylic acids is 1. The third-order valence-electron chi connectivity index (χ3n) is 3.12. The van der Waals surface area contributed by atoms with Crippen molar-refractivity contribution in [1.82, 2.24) is 15.3 Å². The van der Waals surface area contributed by atoms with Gasteiger partial charge in [-0.3, -0.25) is 4.79 Å². The van der Waals surface area contributed by atoms with Crippen molar-refractivity contribution in [2.45, 2.75) is 30.5 Å². The highest BCUT2D eigenvalue weighted by atomic mass is 32.2. The number of rotatable bonds is 7. The van der Waals surface area contributed by atoms with Crippen LogP contribution in [0.3, 0.4) is 0 Å². The van der Waals surface area contributed by atoms with Crippen LogP contribution in [0.15, 0.2) is 23.6 Å². The van der Waals surface area contributed by atoms with E-state index in [0.29, 0.717) is 17.5 Å². The maximum atomic E-state index is 11.6. The molecule has 0 radical (unpaired) electrons. The van der Waals surface area contributed by atoms with Crippen molar-refractivity contribution in [2.75, 3.05) is 12.3 Å². The molecule has 6 heteroatoms. The van der Waals surface area contributed by atoms with Gasteiger partial charge in [-0.25, -0.2) is 9.97 Å². The summed E-state index contributed by atoms with van der Waals surface area (Å²) in [5, 5.41) is 13.3. The quantitative estimate of drug-likeness (QED) is 0.575. The van der Waals surface area contributed by atoms with Gasteiger partial charge in [-0.15, -0.1) is 0 Å². The minimum absolute atomic E-state index is 0.228. The molecule has 2 N–H and O–H groups in total. The van der Waals surface area contributed by atoms with E-state index in [-0.39, 0.29) is 5.92 Å². The average molecular weight is 267 g/mol. The summed E-state index contributed by atoms with van der Waals surface area (Å²) in [6.07, 6.45) is 5.30. The Morgan fingerprint density at radius 1 is 1.56 bits per heavy atom. The van der Waals surface area contributed by atoms with Crippen LogP contribution in [0.25, 0.3) is 0 Å². The number of hydrogen-bond acceptors (Lipinski definition) is 5. The normalized spacial score (nSPS) is 18.3. The molecular weight excluding hydrogens is 250 g/mol. The predicted octanol–water partition coefficient (Wildman–Crippen LogP) is 1.41. The Morgan fingerprint density at radius 3 is 2.72 bits per heavy atom. The van der Waals surface area contributed by atoms with Gasteiger partial charge in [0, 0.05) is 18.1 Å². The van der Waals surface area contributed by atoms with Crippen LogP contribution < -0.4 is 5.32 Å². The average Bonchev–Trinajstić information content (AvgIpc) is 3.20. The first-order chi connectivity index (χ1) is 8.69. The molecule has 1 unspecified atom stereocenters. The molecule has 1 aromatic rings. The smallest absolute Gasteiger partial charge is 0.325 e. The van der Waals surface area contributed by atoms with E-state index in [0.717, 1.165) is 12.8 Å². The first kappa shape index (κ1) is 13.3. The minimum Gasteiger partial charge on any atom is -0.480 e. The molecule has 1 aliphatic rings. The van der Waals surface area contributed by atoms with Crippen molar-refractivity contribution >= 4 is 17.7 Å². The third kappa shape index (κ3) is 2.81. The van der Waals surface area contributed by atoms with E-state index in [2.05, 4.69) is 15.3 Å². The summed E-state index contributed by atoms with van der Waals surface area (Å²) < 4.78 is 0. The minimum atomic E-state index is -0.835. The van der Waals surface area contributed by atoms with E-state index in [9.17, 15) is 9.90 Å². The zero-order chi connectivity index (χ0) is 13.0. The van der Waals surface area contributed by atoms with E-state index >= 15 is 0 Å². The molecule has 0 aliphatic heterocycles. The first-order valence-electron chi connectivity index (χ1n) is 6.07. The molecule has 0 spiro atoms. The number of carboxylic acid groups (broad SMARTS) is 1. The van der Waals surface area contributed by atoms with Gasteiger partial charge in [-0.1, -0.05) is 18.7 Å². The Labute approximate surface area is 110 Å². The molecule has 1 heterocycles. The summed E-state index contributed by atoms with van der Waals surface area (Å²) in [7, 11) is 0. The highest BCUT2D eigenvalue weighted by Crippen LogP contribution is 2.42. The summed E-state index contributed by atoms with van der Waals surface area (Å²) in [4.78, 5) is 19.8. The molecule has 0 amide bonds. The molecule has 0 aromatic carbocycles. The number of likely N-dealkylation sites (N-methyl/N-ethyl adjacent to an activating group) is 1. The lowest BCUT2D eigenvalue weighted by Crippen LogP contribution is -2.56. The SMILES string of the molecule is CCNC(CSc1ncccn1)(C(=O)O)C1CC1. The van der Waals surface area contributed by atoms with Crippen molar-refractivity contribution in [3.8, 4) is 0 Å². The molecule has 1 aliphatic carbocycles. The standard InChI is InChI=1S/C12H17N3O2S/c1-2-15-12(10(16)17,9-4-5-9)8-18-11-13-6-3-7-14-11/h3,6-7,9,15H,2,4-5,8H2,1H3,(H,16,17). The largest absolute Gasteiger partial charge is 0.480 e. The Morgan fingerprint density at radius 2 is 2.22 bits per heavy atom. The number of aromatic nitrogens is 2. The van der Waals surface area contributed by atoms with Gasteiger partial charge in [-0.05, 0) is 31.4 Å². The number of thioether (sulfide) groups is 1. The topological polar surface area (TPSA) is 75.1 Å². The summed E-state index contributed by atoms with van der Waals surface area (Å²) in [5.41, 5.74) is -0.835. The molecule has 2 rings (SSSR count). The lowest BCUT2D eigenvalue weighted by Gasteiger charge is -2.29. The van der Waals surface area contributed by atoms with Crippen LogP contribution >= 0.6 is 11.8 Å². The highest BCUT2D eigenvalue weighted by molar-refractivity contribution is 7.99. The molecule has 5 nitrogen and oxygen atoms in total. The van der Waals surface area contributed by atoms with Gasteiger partial charge in [-0.2, -0.15) is 0 Å². The van der Waals surface area contributed by atoms with Crippen LogP contribution in [0, 0.1) is 5.92 Å². The zero-order valence-electron chi connectivity index (χ0n) is 10.3. The Balaban J connectivity index is 2.07. The monoisotopic (exact) mass is 267 g/mol. The Hall–Kier alpha value is -1.14. The van der Waals surface area contributed by atoms with Crippen molar-refractivity contribution in [3.05, 3.63) is 18.5 Å². The number of carbonyl (C=O) groups is 1. The summed E-state index contributed by atoms with van der Waals surface area (Å²) in [6, 6.07) is 1.75. The Kier molecular flexibility index (Phi) is 4.19. The first-order valence-corrected chi connectivity index (χ1v) is 7.06. The van der Waals surface area contributed by atoms with E-state index in [1.807, 2.05) is 6.92 Å². The third-order valence-corrected chi connectivity index (χ3v) is 4.19. The summed E-state index contributed by atoms with van der Waals surface area (Å²) in [5.74, 6) is -0.0772. The second-order valence-corrected chi connectivity index (χ2v) is 5.34. The molecule has 1 aromatic heterocycles. The highest BCUT2D eigenvalue weighted by Gasteiger charge is 2.50. The number of nitrogens with one attached hydrogen (secondary N) is 1. The van der Waals surface area contributed by atoms with Gasteiger partial charge in [0.2, 0.25) is 0 Å². The van der Waals surface area contributed by atoms with Crippen molar-refractivity contribution in [1.29, 1.82) is 0 Å². The maximum absolute atomic E-state index is 11.6. The van der Waals surface area contributed by atoms with Gasteiger partial charge in [0.25, 0.3) is 0 Å². The van der Waals surface area contributed by atoms with Gasteiger partial charge < -0.3 is 10.4 Å². The van der Waals surface area contributed by atoms with Crippen LogP contribution in [0.5, 0.6) is 0 Å².